The summed E-state index contributed by atoms with van der Waals surface area (Å²) in [6.45, 7) is -2.28. The predicted molar refractivity (Wildman–Crippen MR) is 240 cm³/mol. The lowest BCUT2D eigenvalue weighted by Gasteiger charge is -2.50. The third kappa shape index (κ3) is 12.6. The van der Waals surface area contributed by atoms with Crippen LogP contribution in [0.15, 0.2) is 60.7 Å². The molecule has 0 amide bonds. The van der Waals surface area contributed by atoms with Crippen LogP contribution >= 0.6 is 0 Å². The highest BCUT2D eigenvalue weighted by Gasteiger charge is 2.63. The molecule has 74 heavy (non-hydrogen) atoms. The van der Waals surface area contributed by atoms with Gasteiger partial charge in [-0.1, -0.05) is 24.3 Å². The topological polar surface area (TPSA) is 419 Å². The van der Waals surface area contributed by atoms with Gasteiger partial charge < -0.3 is 124 Å². The first-order valence-corrected chi connectivity index (χ1v) is 23.3. The molecule has 2 aromatic carbocycles. The second-order valence-electron chi connectivity index (χ2n) is 18.3. The summed E-state index contributed by atoms with van der Waals surface area (Å²) in [5.74, 6) is -5.14. The molecule has 5 fully saturated rings. The molecule has 27 nitrogen and oxygen atoms in total. The summed E-state index contributed by atoms with van der Waals surface area (Å²) < 4.78 is 64.8. The highest BCUT2D eigenvalue weighted by atomic mass is 16.8. The highest BCUT2D eigenvalue weighted by Crippen LogP contribution is 2.41. The molecule has 0 bridgehead atoms. The van der Waals surface area contributed by atoms with Crippen molar-refractivity contribution in [2.45, 2.75) is 148 Å². The Hall–Kier alpha value is -4.38. The van der Waals surface area contributed by atoms with Crippen LogP contribution in [0, 0.1) is 0 Å². The number of hydrogen-bond acceptors (Lipinski definition) is 27. The molecule has 0 spiro atoms. The maximum Gasteiger partial charge on any atom is 0.331 e. The van der Waals surface area contributed by atoms with Crippen molar-refractivity contribution >= 4 is 24.1 Å². The maximum atomic E-state index is 13.7. The lowest BCUT2D eigenvalue weighted by molar-refractivity contribution is -0.414. The van der Waals surface area contributed by atoms with Gasteiger partial charge in [0.1, 0.15) is 103 Å². The minimum atomic E-state index is -2.76. The lowest BCUT2D eigenvalue weighted by atomic mass is 9.95. The fourth-order valence-corrected chi connectivity index (χ4v) is 8.71. The molecule has 14 N–H and O–H groups in total. The van der Waals surface area contributed by atoms with Crippen LogP contribution in [0.1, 0.15) is 25.0 Å². The number of aromatic hydroxyl groups is 2. The van der Waals surface area contributed by atoms with Crippen molar-refractivity contribution < 1.29 is 133 Å². The fourth-order valence-electron chi connectivity index (χ4n) is 8.71. The summed E-state index contributed by atoms with van der Waals surface area (Å²) in [6.07, 6.45) is -32.6. The van der Waals surface area contributed by atoms with Crippen molar-refractivity contribution in [3.8, 4) is 11.5 Å². The van der Waals surface area contributed by atoms with Gasteiger partial charge in [0.2, 0.25) is 5.79 Å². The Morgan fingerprint density at radius 3 is 1.69 bits per heavy atom. The summed E-state index contributed by atoms with van der Waals surface area (Å²) in [4.78, 5) is 26.9. The average Bonchev–Trinajstić information content (AvgIpc) is 3.81. The van der Waals surface area contributed by atoms with E-state index in [0.717, 1.165) is 12.2 Å². The summed E-state index contributed by atoms with van der Waals surface area (Å²) in [5, 5.41) is 150. The standard InChI is InChI=1S/C47H62O27/c1-20-30(55)32(57)34(59)42(66-20)70-36-21(2)67-43(35(60)33(36)58)71-38-37(69-29(54)14-8-23-5-11-25(52)12-6-23)27(16-49)68-44(39(38)72-45-41(62)46(63,17-50)18-65-45)74-47(40(61)31(56)26(15-48)73-47)19-64-28(53)13-7-22-3-9-24(51)10-4-22/h3-14,20-21,26-27,30-45,48-52,55-63H,15-19H2,1-2H3. The van der Waals surface area contributed by atoms with E-state index in [1.165, 1.54) is 74.5 Å². The van der Waals surface area contributed by atoms with Gasteiger partial charge in [-0.3, -0.25) is 0 Å². The summed E-state index contributed by atoms with van der Waals surface area (Å²) in [5.41, 5.74) is -1.53. The van der Waals surface area contributed by atoms with E-state index in [0.29, 0.717) is 11.1 Å². The minimum absolute atomic E-state index is 0.0546. The fraction of sp³-hybridized carbons (Fsp3) is 0.617. The molecule has 22 atom stereocenters. The van der Waals surface area contributed by atoms with E-state index in [-0.39, 0.29) is 11.5 Å². The lowest BCUT2D eigenvalue weighted by Crippen LogP contribution is -2.68. The quantitative estimate of drug-likeness (QED) is 0.0490. The molecule has 5 aliphatic rings. The van der Waals surface area contributed by atoms with Crippen molar-refractivity contribution in [3.05, 3.63) is 71.8 Å². The van der Waals surface area contributed by atoms with E-state index in [1.807, 2.05) is 0 Å². The van der Waals surface area contributed by atoms with Gasteiger partial charge in [-0.25, -0.2) is 9.59 Å². The molecule has 0 aromatic heterocycles. The number of esters is 2. The first kappa shape index (κ1) is 57.3. The molecular formula is C47H62O27. The smallest absolute Gasteiger partial charge is 0.331 e. The SMILES string of the molecule is CC1OC(OC2C(C)OC(OC3C(OC(=O)C=Cc4ccc(O)cc4)C(CO)OC(OC4(COC(=O)C=Cc5ccc(O)cc5)OC(CO)C(O)C4O)C3OC3OCC(O)(CO)C3O)C(O)C2O)C(O)C(O)C1O. The van der Waals surface area contributed by atoms with Gasteiger partial charge in [-0.2, -0.15) is 0 Å². The van der Waals surface area contributed by atoms with Gasteiger partial charge in [-0.15, -0.1) is 0 Å². The molecule has 27 heteroatoms. The number of phenolic OH excluding ortho intramolecular Hbond substituents is 2. The molecule has 412 valence electrons. The van der Waals surface area contributed by atoms with Crippen molar-refractivity contribution in [2.24, 2.45) is 0 Å². The molecule has 0 saturated carbocycles. The summed E-state index contributed by atoms with van der Waals surface area (Å²) in [7, 11) is 0. The van der Waals surface area contributed by atoms with Crippen molar-refractivity contribution in [3.63, 3.8) is 0 Å². The van der Waals surface area contributed by atoms with Crippen LogP contribution in [0.2, 0.25) is 0 Å². The third-order valence-corrected chi connectivity index (χ3v) is 13.1. The van der Waals surface area contributed by atoms with Crippen molar-refractivity contribution in [2.75, 3.05) is 33.0 Å². The molecule has 5 heterocycles. The van der Waals surface area contributed by atoms with E-state index in [1.54, 1.807) is 0 Å². The number of carbonyl (C=O) groups excluding carboxylic acids is 2. The van der Waals surface area contributed by atoms with Crippen LogP contribution in [0.5, 0.6) is 11.5 Å². The molecule has 5 aliphatic heterocycles. The molecular weight excluding hydrogens is 996 g/mol. The first-order valence-electron chi connectivity index (χ1n) is 23.3. The van der Waals surface area contributed by atoms with E-state index in [9.17, 15) is 81.1 Å². The van der Waals surface area contributed by atoms with Crippen LogP contribution in [0.3, 0.4) is 0 Å². The Balaban J connectivity index is 1.25. The summed E-state index contributed by atoms with van der Waals surface area (Å²) >= 11 is 0. The Labute approximate surface area is 421 Å². The second kappa shape index (κ2) is 24.3. The Morgan fingerprint density at radius 1 is 0.595 bits per heavy atom. The Kier molecular flexibility index (Phi) is 18.8. The van der Waals surface area contributed by atoms with Crippen LogP contribution in [-0.4, -0.2) is 251 Å². The molecule has 0 radical (unpaired) electrons. The van der Waals surface area contributed by atoms with E-state index in [4.69, 9.17) is 52.1 Å². The molecule has 5 saturated heterocycles. The highest BCUT2D eigenvalue weighted by molar-refractivity contribution is 5.87. The maximum absolute atomic E-state index is 13.7. The summed E-state index contributed by atoms with van der Waals surface area (Å²) in [6, 6.07) is 11.2. The zero-order valence-corrected chi connectivity index (χ0v) is 39.6. The van der Waals surface area contributed by atoms with Crippen LogP contribution in [0.25, 0.3) is 12.2 Å². The van der Waals surface area contributed by atoms with E-state index < -0.39 is 179 Å². The number of rotatable bonds is 18. The van der Waals surface area contributed by atoms with Gasteiger partial charge >= 0.3 is 11.9 Å². The van der Waals surface area contributed by atoms with E-state index in [2.05, 4.69) is 0 Å². The van der Waals surface area contributed by atoms with E-state index >= 15 is 0 Å². The number of carbonyl (C=O) groups is 2. The predicted octanol–water partition coefficient (Wildman–Crippen LogP) is -5.29. The minimum Gasteiger partial charge on any atom is -0.508 e. The zero-order chi connectivity index (χ0) is 53.8. The normalized spacial score (nSPS) is 41.7. The van der Waals surface area contributed by atoms with Gasteiger partial charge in [0, 0.05) is 12.2 Å². The Morgan fingerprint density at radius 2 is 1.14 bits per heavy atom. The largest absolute Gasteiger partial charge is 0.508 e. The van der Waals surface area contributed by atoms with Gasteiger partial charge in [0.25, 0.3) is 0 Å². The first-order chi connectivity index (χ1) is 35.1. The zero-order valence-electron chi connectivity index (χ0n) is 39.6. The molecule has 2 aromatic rings. The van der Waals surface area contributed by atoms with Crippen LogP contribution in [0.4, 0.5) is 0 Å². The third-order valence-electron chi connectivity index (χ3n) is 13.1. The van der Waals surface area contributed by atoms with Gasteiger partial charge in [-0.05, 0) is 61.4 Å². The van der Waals surface area contributed by atoms with Crippen LogP contribution < -0.4 is 0 Å². The van der Waals surface area contributed by atoms with Crippen LogP contribution in [-0.2, 0) is 61.7 Å². The van der Waals surface area contributed by atoms with Crippen molar-refractivity contribution in [1.29, 1.82) is 0 Å². The van der Waals surface area contributed by atoms with Gasteiger partial charge in [0.05, 0.1) is 38.6 Å². The number of benzene rings is 2. The molecule has 22 unspecified atom stereocenters. The number of aliphatic hydroxyl groups is 12. The Bertz CT molecular complexity index is 2220. The number of ether oxygens (including phenoxy) is 11. The van der Waals surface area contributed by atoms with Crippen molar-refractivity contribution in [1.82, 2.24) is 0 Å². The van der Waals surface area contributed by atoms with Gasteiger partial charge in [0.15, 0.2) is 31.3 Å². The molecule has 0 aliphatic carbocycles. The average molecular weight is 1060 g/mol. The second-order valence-corrected chi connectivity index (χ2v) is 18.3. The monoisotopic (exact) mass is 1060 g/mol. The number of aliphatic hydroxyl groups excluding tert-OH is 11. The number of hydrogen-bond donors (Lipinski definition) is 14. The molecule has 7 rings (SSSR count). The number of phenols is 2.